The number of benzene rings is 2. The van der Waals surface area contributed by atoms with E-state index in [4.69, 9.17) is 5.73 Å². The normalized spacial score (nSPS) is 14.3. The standard InChI is InChI=1S/C15H15N3O8S2/c1-6-10-11-8(12(17-3-2-16)13(6)28(24,25)26)4-7(27(21,22)23)5-9(11)14(19)18-15(10)20/h4-5,17H,2-3,16H2,1H3,(H,18,19,20)(H,21,22,23)(H,24,25,26). The maximum atomic E-state index is 12.4. The molecule has 0 saturated carbocycles. The van der Waals surface area contributed by atoms with Crippen molar-refractivity contribution >= 4 is 48.5 Å². The van der Waals surface area contributed by atoms with Crippen LogP contribution in [0, 0.1) is 6.92 Å². The molecule has 0 unspecified atom stereocenters. The van der Waals surface area contributed by atoms with Crippen molar-refractivity contribution in [2.24, 2.45) is 5.73 Å². The highest BCUT2D eigenvalue weighted by Crippen LogP contribution is 2.41. The van der Waals surface area contributed by atoms with Crippen molar-refractivity contribution in [2.45, 2.75) is 16.7 Å². The van der Waals surface area contributed by atoms with E-state index in [2.05, 4.69) is 5.32 Å². The fraction of sp³-hybridized carbons (Fsp3) is 0.200. The van der Waals surface area contributed by atoms with Gasteiger partial charge in [-0.1, -0.05) is 0 Å². The Kier molecular flexibility index (Phi) is 4.68. The molecule has 0 aromatic heterocycles. The van der Waals surface area contributed by atoms with Crippen LogP contribution in [-0.2, 0) is 20.2 Å². The summed E-state index contributed by atoms with van der Waals surface area (Å²) >= 11 is 0. The summed E-state index contributed by atoms with van der Waals surface area (Å²) in [5.41, 5.74) is 4.59. The van der Waals surface area contributed by atoms with Crippen LogP contribution in [0.1, 0.15) is 26.3 Å². The van der Waals surface area contributed by atoms with Gasteiger partial charge < -0.3 is 11.1 Å². The van der Waals surface area contributed by atoms with Gasteiger partial charge in [0.2, 0.25) is 0 Å². The summed E-state index contributed by atoms with van der Waals surface area (Å²) in [6.07, 6.45) is 0. The van der Waals surface area contributed by atoms with Crippen molar-refractivity contribution in [1.82, 2.24) is 5.32 Å². The van der Waals surface area contributed by atoms with Gasteiger partial charge in [-0.2, -0.15) is 16.8 Å². The van der Waals surface area contributed by atoms with Crippen LogP contribution in [0.4, 0.5) is 5.69 Å². The molecule has 3 rings (SSSR count). The second kappa shape index (κ2) is 6.49. The molecule has 0 spiro atoms. The van der Waals surface area contributed by atoms with Crippen molar-refractivity contribution in [2.75, 3.05) is 18.4 Å². The minimum absolute atomic E-state index is 0.00873. The van der Waals surface area contributed by atoms with E-state index in [1.54, 1.807) is 0 Å². The van der Waals surface area contributed by atoms with Crippen molar-refractivity contribution in [1.29, 1.82) is 0 Å². The fourth-order valence-electron chi connectivity index (χ4n) is 3.23. The summed E-state index contributed by atoms with van der Waals surface area (Å²) in [6, 6.07) is 1.79. The van der Waals surface area contributed by atoms with Gasteiger partial charge in [0.25, 0.3) is 32.1 Å². The summed E-state index contributed by atoms with van der Waals surface area (Å²) in [5.74, 6) is -1.83. The third-order valence-electron chi connectivity index (χ3n) is 4.27. The lowest BCUT2D eigenvalue weighted by Crippen LogP contribution is -2.36. The molecule has 1 aliphatic rings. The molecule has 0 aliphatic carbocycles. The Labute approximate surface area is 159 Å². The predicted molar refractivity (Wildman–Crippen MR) is 97.7 cm³/mol. The van der Waals surface area contributed by atoms with Crippen molar-refractivity contribution in [3.05, 3.63) is 28.8 Å². The van der Waals surface area contributed by atoms with Crippen LogP contribution in [0.3, 0.4) is 0 Å². The molecule has 150 valence electrons. The van der Waals surface area contributed by atoms with Gasteiger partial charge in [0.1, 0.15) is 4.90 Å². The maximum absolute atomic E-state index is 12.4. The zero-order valence-corrected chi connectivity index (χ0v) is 15.9. The van der Waals surface area contributed by atoms with Gasteiger partial charge in [-0.05, 0) is 24.6 Å². The molecule has 2 amide bonds. The van der Waals surface area contributed by atoms with Gasteiger partial charge in [0, 0.05) is 29.4 Å². The van der Waals surface area contributed by atoms with Crippen molar-refractivity contribution in [3.63, 3.8) is 0 Å². The molecule has 0 radical (unpaired) electrons. The monoisotopic (exact) mass is 429 g/mol. The van der Waals surface area contributed by atoms with E-state index in [0.717, 1.165) is 12.1 Å². The molecule has 1 heterocycles. The lowest BCUT2D eigenvalue weighted by atomic mass is 9.90. The summed E-state index contributed by atoms with van der Waals surface area (Å²) < 4.78 is 66.5. The Hall–Kier alpha value is -2.58. The number of rotatable bonds is 5. The number of nitrogens with two attached hydrogens (primary N) is 1. The highest BCUT2D eigenvalue weighted by atomic mass is 32.2. The number of hydrogen-bond donors (Lipinski definition) is 5. The molecule has 0 saturated heterocycles. The Bertz CT molecular complexity index is 1270. The first-order chi connectivity index (χ1) is 12.9. The number of nitrogens with one attached hydrogen (secondary N) is 2. The van der Waals surface area contributed by atoms with E-state index < -0.39 is 41.8 Å². The zero-order chi connectivity index (χ0) is 21.0. The summed E-state index contributed by atoms with van der Waals surface area (Å²) in [7, 11) is -9.65. The number of hydrogen-bond acceptors (Lipinski definition) is 8. The lowest BCUT2D eigenvalue weighted by Gasteiger charge is -2.24. The number of amides is 2. The first kappa shape index (κ1) is 20.2. The second-order valence-electron chi connectivity index (χ2n) is 6.05. The van der Waals surface area contributed by atoms with Gasteiger partial charge >= 0.3 is 0 Å². The summed E-state index contributed by atoms with van der Waals surface area (Å²) in [6.45, 7) is 1.35. The number of imide groups is 1. The van der Waals surface area contributed by atoms with Crippen molar-refractivity contribution in [3.8, 4) is 0 Å². The average Bonchev–Trinajstić information content (AvgIpc) is 2.55. The molecule has 6 N–H and O–H groups in total. The smallest absolute Gasteiger partial charge is 0.296 e. The molecular weight excluding hydrogens is 414 g/mol. The molecular formula is C15H15N3O8S2. The van der Waals surface area contributed by atoms with Gasteiger partial charge in [-0.15, -0.1) is 0 Å². The molecule has 2 aromatic carbocycles. The predicted octanol–water partition coefficient (Wildman–Crippen LogP) is -0.104. The average molecular weight is 429 g/mol. The first-order valence-electron chi connectivity index (χ1n) is 7.76. The summed E-state index contributed by atoms with van der Waals surface area (Å²) in [4.78, 5) is 23.3. The highest BCUT2D eigenvalue weighted by Gasteiger charge is 2.34. The molecule has 0 atom stereocenters. The largest absolute Gasteiger partial charge is 0.382 e. The zero-order valence-electron chi connectivity index (χ0n) is 14.3. The van der Waals surface area contributed by atoms with Gasteiger partial charge in [-0.3, -0.25) is 24.0 Å². The van der Waals surface area contributed by atoms with E-state index in [1.165, 1.54) is 6.92 Å². The Morgan fingerprint density at radius 3 is 2.25 bits per heavy atom. The minimum Gasteiger partial charge on any atom is -0.382 e. The summed E-state index contributed by atoms with van der Waals surface area (Å²) in [5, 5.41) is 4.50. The van der Waals surface area contributed by atoms with E-state index in [0.29, 0.717) is 0 Å². The molecule has 13 heteroatoms. The Morgan fingerprint density at radius 2 is 1.71 bits per heavy atom. The second-order valence-corrected chi connectivity index (χ2v) is 8.83. The Morgan fingerprint density at radius 1 is 1.07 bits per heavy atom. The highest BCUT2D eigenvalue weighted by molar-refractivity contribution is 7.86. The van der Waals surface area contributed by atoms with E-state index in [1.807, 2.05) is 5.32 Å². The van der Waals surface area contributed by atoms with Crippen LogP contribution >= 0.6 is 0 Å². The SMILES string of the molecule is Cc1c(S(=O)(=O)O)c(NCCN)c2cc(S(=O)(=O)O)cc3c2c1C(=O)NC3=O. The third-order valence-corrected chi connectivity index (χ3v) is 6.13. The van der Waals surface area contributed by atoms with E-state index in [9.17, 15) is 35.5 Å². The fourth-order valence-corrected chi connectivity index (χ4v) is 4.70. The van der Waals surface area contributed by atoms with Crippen molar-refractivity contribution < 1.29 is 35.5 Å². The minimum atomic E-state index is -4.87. The molecule has 28 heavy (non-hydrogen) atoms. The number of anilines is 1. The molecule has 0 bridgehead atoms. The van der Waals surface area contributed by atoms with Crippen LogP contribution in [0.25, 0.3) is 10.8 Å². The molecule has 2 aromatic rings. The van der Waals surface area contributed by atoms with Crippen LogP contribution in [0.2, 0.25) is 0 Å². The Balaban J connectivity index is 2.66. The topological polar surface area (TPSA) is 193 Å². The molecule has 1 aliphatic heterocycles. The van der Waals surface area contributed by atoms with Gasteiger partial charge in [0.05, 0.1) is 16.1 Å². The van der Waals surface area contributed by atoms with Crippen LogP contribution in [0.15, 0.2) is 21.9 Å². The van der Waals surface area contributed by atoms with Gasteiger partial charge in [-0.25, -0.2) is 0 Å². The third kappa shape index (κ3) is 3.12. The molecule has 0 fully saturated rings. The molecule has 11 nitrogen and oxygen atoms in total. The lowest BCUT2D eigenvalue weighted by molar-refractivity contribution is 0.0844. The van der Waals surface area contributed by atoms with E-state index >= 15 is 0 Å². The van der Waals surface area contributed by atoms with Crippen LogP contribution in [0.5, 0.6) is 0 Å². The number of carbonyl (C=O) groups excluding carboxylic acids is 2. The van der Waals surface area contributed by atoms with Gasteiger partial charge in [0.15, 0.2) is 0 Å². The quantitative estimate of drug-likeness (QED) is 0.316. The number of carbonyl (C=O) groups is 2. The first-order valence-corrected chi connectivity index (χ1v) is 10.6. The van der Waals surface area contributed by atoms with Crippen LogP contribution in [-0.4, -0.2) is 50.8 Å². The van der Waals surface area contributed by atoms with Crippen LogP contribution < -0.4 is 16.4 Å². The van der Waals surface area contributed by atoms with E-state index in [-0.39, 0.29) is 46.2 Å². The maximum Gasteiger partial charge on any atom is 0.296 e.